The molecule has 2 fully saturated rings. The molecule has 1 aliphatic heterocycles. The van der Waals surface area contributed by atoms with Gasteiger partial charge in [-0.1, -0.05) is 19.3 Å². The van der Waals surface area contributed by atoms with Gasteiger partial charge in [-0.25, -0.2) is 4.98 Å². The largest absolute Gasteiger partial charge is 0.342 e. The third kappa shape index (κ3) is 2.80. The van der Waals surface area contributed by atoms with Gasteiger partial charge in [0.25, 0.3) is 0 Å². The lowest BCUT2D eigenvalue weighted by molar-refractivity contribution is -0.137. The van der Waals surface area contributed by atoms with E-state index in [1.807, 2.05) is 24.0 Å². The molecule has 2 aromatic rings. The van der Waals surface area contributed by atoms with Crippen molar-refractivity contribution in [2.75, 3.05) is 13.1 Å². The first-order chi connectivity index (χ1) is 11.7. The van der Waals surface area contributed by atoms with E-state index >= 15 is 0 Å². The van der Waals surface area contributed by atoms with Crippen molar-refractivity contribution < 1.29 is 4.79 Å². The summed E-state index contributed by atoms with van der Waals surface area (Å²) in [5.41, 5.74) is 2.05. The number of amides is 1. The van der Waals surface area contributed by atoms with Crippen LogP contribution in [0.25, 0.3) is 11.0 Å². The van der Waals surface area contributed by atoms with Gasteiger partial charge >= 0.3 is 0 Å². The first kappa shape index (κ1) is 15.6. The summed E-state index contributed by atoms with van der Waals surface area (Å²) in [4.78, 5) is 19.4. The molecule has 128 valence electrons. The molecular weight excluding hydrogens is 300 g/mol. The van der Waals surface area contributed by atoms with E-state index in [-0.39, 0.29) is 5.92 Å². The highest BCUT2D eigenvalue weighted by Crippen LogP contribution is 2.33. The lowest BCUT2D eigenvalue weighted by Gasteiger charge is -2.35. The average Bonchev–Trinajstić information content (AvgIpc) is 2.99. The van der Waals surface area contributed by atoms with Gasteiger partial charge in [-0.3, -0.25) is 9.48 Å². The third-order valence-corrected chi connectivity index (χ3v) is 5.70. The maximum atomic E-state index is 12.9. The fourth-order valence-electron chi connectivity index (χ4n) is 4.43. The van der Waals surface area contributed by atoms with Crippen LogP contribution in [0.4, 0.5) is 0 Å². The normalized spacial score (nSPS) is 22.9. The first-order valence-corrected chi connectivity index (χ1v) is 9.30. The SMILES string of the molecule is Cn1nc([C@H]2CCCN(C(=O)C3CCCCC3)C2)c2cccnc21. The number of piperidine rings is 1. The Balaban J connectivity index is 1.55. The van der Waals surface area contributed by atoms with Crippen LogP contribution in [0.2, 0.25) is 0 Å². The average molecular weight is 326 g/mol. The molecule has 1 atom stereocenters. The number of hydrogen-bond donors (Lipinski definition) is 0. The monoisotopic (exact) mass is 326 g/mol. The minimum absolute atomic E-state index is 0.264. The first-order valence-electron chi connectivity index (χ1n) is 9.30. The van der Waals surface area contributed by atoms with Crippen molar-refractivity contribution in [1.29, 1.82) is 0 Å². The second-order valence-electron chi connectivity index (χ2n) is 7.34. The van der Waals surface area contributed by atoms with Crippen LogP contribution in [0.1, 0.15) is 56.6 Å². The zero-order valence-corrected chi connectivity index (χ0v) is 14.4. The molecule has 3 heterocycles. The molecule has 0 unspecified atom stereocenters. The molecule has 4 rings (SSSR count). The van der Waals surface area contributed by atoms with E-state index in [2.05, 4.69) is 16.0 Å². The summed E-state index contributed by atoms with van der Waals surface area (Å²) < 4.78 is 1.87. The Hall–Kier alpha value is -1.91. The number of pyridine rings is 1. The Bertz CT molecular complexity index is 732. The maximum absolute atomic E-state index is 12.9. The van der Waals surface area contributed by atoms with E-state index in [4.69, 9.17) is 5.10 Å². The second-order valence-corrected chi connectivity index (χ2v) is 7.34. The van der Waals surface area contributed by atoms with E-state index in [0.29, 0.717) is 11.8 Å². The summed E-state index contributed by atoms with van der Waals surface area (Å²) >= 11 is 0. The number of carbonyl (C=O) groups excluding carboxylic acids is 1. The van der Waals surface area contributed by atoms with Crippen LogP contribution in [-0.4, -0.2) is 38.7 Å². The van der Waals surface area contributed by atoms with Gasteiger partial charge in [0.15, 0.2) is 5.65 Å². The van der Waals surface area contributed by atoms with Crippen LogP contribution < -0.4 is 0 Å². The molecule has 5 nitrogen and oxygen atoms in total. The van der Waals surface area contributed by atoms with Gasteiger partial charge in [-0.15, -0.1) is 0 Å². The summed E-state index contributed by atoms with van der Waals surface area (Å²) in [5, 5.41) is 5.87. The van der Waals surface area contributed by atoms with E-state index in [1.54, 1.807) is 0 Å². The van der Waals surface area contributed by atoms with Crippen molar-refractivity contribution in [1.82, 2.24) is 19.7 Å². The number of hydrogen-bond acceptors (Lipinski definition) is 3. The van der Waals surface area contributed by atoms with Crippen molar-refractivity contribution in [2.24, 2.45) is 13.0 Å². The van der Waals surface area contributed by atoms with Gasteiger partial charge in [0, 0.05) is 43.6 Å². The Morgan fingerprint density at radius 1 is 1.17 bits per heavy atom. The number of fused-ring (bicyclic) bond motifs is 1. The second kappa shape index (κ2) is 6.54. The highest BCUT2D eigenvalue weighted by atomic mass is 16.2. The van der Waals surface area contributed by atoms with Crippen LogP contribution in [0.15, 0.2) is 18.3 Å². The van der Waals surface area contributed by atoms with Gasteiger partial charge < -0.3 is 4.90 Å². The number of carbonyl (C=O) groups is 1. The fraction of sp³-hybridized carbons (Fsp3) is 0.632. The topological polar surface area (TPSA) is 51.0 Å². The molecule has 1 aliphatic carbocycles. The molecule has 1 amide bonds. The molecule has 24 heavy (non-hydrogen) atoms. The number of nitrogens with zero attached hydrogens (tertiary/aromatic N) is 4. The van der Waals surface area contributed by atoms with Crippen molar-refractivity contribution >= 4 is 16.9 Å². The molecule has 0 bridgehead atoms. The smallest absolute Gasteiger partial charge is 0.225 e. The molecule has 2 aliphatic rings. The van der Waals surface area contributed by atoms with Crippen LogP contribution in [0, 0.1) is 5.92 Å². The maximum Gasteiger partial charge on any atom is 0.225 e. The van der Waals surface area contributed by atoms with Crippen molar-refractivity contribution in [3.8, 4) is 0 Å². The molecule has 0 radical (unpaired) electrons. The minimum atomic E-state index is 0.264. The van der Waals surface area contributed by atoms with Crippen molar-refractivity contribution in [2.45, 2.75) is 50.9 Å². The van der Waals surface area contributed by atoms with E-state index in [0.717, 1.165) is 55.5 Å². The highest BCUT2D eigenvalue weighted by Gasteiger charge is 2.32. The number of likely N-dealkylation sites (tertiary alicyclic amines) is 1. The fourth-order valence-corrected chi connectivity index (χ4v) is 4.43. The molecule has 0 spiro atoms. The molecule has 0 aromatic carbocycles. The number of aryl methyl sites for hydroxylation is 1. The Labute approximate surface area is 143 Å². The predicted molar refractivity (Wildman–Crippen MR) is 93.6 cm³/mol. The summed E-state index contributed by atoms with van der Waals surface area (Å²) in [5.74, 6) is 0.983. The highest BCUT2D eigenvalue weighted by molar-refractivity contribution is 5.80. The van der Waals surface area contributed by atoms with Crippen molar-refractivity contribution in [3.05, 3.63) is 24.0 Å². The Morgan fingerprint density at radius 2 is 2.00 bits per heavy atom. The van der Waals surface area contributed by atoms with Gasteiger partial charge in [-0.2, -0.15) is 5.10 Å². The predicted octanol–water partition coefficient (Wildman–Crippen LogP) is 3.25. The minimum Gasteiger partial charge on any atom is -0.342 e. The van der Waals surface area contributed by atoms with Gasteiger partial charge in [0.1, 0.15) is 0 Å². The standard InChI is InChI=1S/C19H26N4O/c1-22-18-16(10-5-11-20-18)17(21-22)15-9-6-12-23(13-15)19(24)14-7-3-2-4-8-14/h5,10-11,14-15H,2-4,6-9,12-13H2,1H3/t15-/m0/s1. The van der Waals surface area contributed by atoms with Gasteiger partial charge in [0.2, 0.25) is 5.91 Å². The summed E-state index contributed by atoms with van der Waals surface area (Å²) in [6.07, 6.45) is 9.87. The zero-order chi connectivity index (χ0) is 16.5. The number of rotatable bonds is 2. The lowest BCUT2D eigenvalue weighted by Crippen LogP contribution is -2.43. The summed E-state index contributed by atoms with van der Waals surface area (Å²) in [7, 11) is 1.95. The van der Waals surface area contributed by atoms with Crippen LogP contribution in [0.5, 0.6) is 0 Å². The zero-order valence-electron chi connectivity index (χ0n) is 14.4. The molecule has 1 saturated heterocycles. The summed E-state index contributed by atoms with van der Waals surface area (Å²) in [6.45, 7) is 1.73. The Kier molecular flexibility index (Phi) is 4.25. The number of aromatic nitrogens is 3. The quantitative estimate of drug-likeness (QED) is 0.851. The van der Waals surface area contributed by atoms with E-state index in [9.17, 15) is 4.79 Å². The lowest BCUT2D eigenvalue weighted by atomic mass is 9.86. The van der Waals surface area contributed by atoms with Gasteiger partial charge in [-0.05, 0) is 37.8 Å². The third-order valence-electron chi connectivity index (χ3n) is 5.70. The summed E-state index contributed by atoms with van der Waals surface area (Å²) in [6, 6.07) is 4.08. The van der Waals surface area contributed by atoms with Crippen LogP contribution >= 0.6 is 0 Å². The Morgan fingerprint density at radius 3 is 2.83 bits per heavy atom. The molecule has 0 N–H and O–H groups in total. The van der Waals surface area contributed by atoms with E-state index < -0.39 is 0 Å². The molecular formula is C19H26N4O. The molecule has 1 saturated carbocycles. The van der Waals surface area contributed by atoms with Crippen LogP contribution in [0.3, 0.4) is 0 Å². The van der Waals surface area contributed by atoms with E-state index in [1.165, 1.54) is 19.3 Å². The molecule has 2 aromatic heterocycles. The van der Waals surface area contributed by atoms with Crippen LogP contribution in [-0.2, 0) is 11.8 Å². The van der Waals surface area contributed by atoms with Gasteiger partial charge in [0.05, 0.1) is 5.69 Å². The molecule has 5 heteroatoms. The van der Waals surface area contributed by atoms with Crippen molar-refractivity contribution in [3.63, 3.8) is 0 Å².